The highest BCUT2D eigenvalue weighted by molar-refractivity contribution is 7.92. The molecule has 5 rings (SSSR count). The van der Waals surface area contributed by atoms with Gasteiger partial charge in [0.1, 0.15) is 24.7 Å². The summed E-state index contributed by atoms with van der Waals surface area (Å²) in [6, 6.07) is 26.5. The first-order valence-corrected chi connectivity index (χ1v) is 15.9. The van der Waals surface area contributed by atoms with Crippen LogP contribution in [0.3, 0.4) is 0 Å². The van der Waals surface area contributed by atoms with Crippen LogP contribution in [-0.4, -0.2) is 45.4 Å². The van der Waals surface area contributed by atoms with Crippen molar-refractivity contribution in [1.29, 1.82) is 0 Å². The topological polar surface area (TPSA) is 126 Å². The Labute approximate surface area is 251 Å². The first kappa shape index (κ1) is 30.1. The molecule has 0 saturated heterocycles. The number of nitrogens with one attached hydrogen (secondary N) is 3. The van der Waals surface area contributed by atoms with Gasteiger partial charge in [0.25, 0.3) is 0 Å². The quantitative estimate of drug-likeness (QED) is 0.142. The van der Waals surface area contributed by atoms with E-state index in [1.165, 1.54) is 23.6 Å². The number of aliphatic hydroxyl groups is 1. The second-order valence-corrected chi connectivity index (χ2v) is 12.3. The first-order valence-electron chi connectivity index (χ1n) is 14.0. The summed E-state index contributed by atoms with van der Waals surface area (Å²) in [6.45, 7) is 2.93. The molecule has 0 spiro atoms. The van der Waals surface area contributed by atoms with E-state index in [1.54, 1.807) is 18.2 Å². The number of benzene rings is 4. The summed E-state index contributed by atoms with van der Waals surface area (Å²) < 4.78 is 38.2. The SMILES string of the molecule is CC(=O)Nc1ccc2c(c1)Cc1cc(OCCNCC(O)c3ccc(OCc4ccccc4)c(NS(C)(=O)=O)c3)ccc1-2. The Kier molecular flexibility index (Phi) is 9.30. The van der Waals surface area contributed by atoms with Crippen molar-refractivity contribution in [2.75, 3.05) is 36.0 Å². The molecule has 0 aliphatic heterocycles. The van der Waals surface area contributed by atoms with E-state index in [2.05, 4.69) is 21.4 Å². The van der Waals surface area contributed by atoms with Crippen molar-refractivity contribution in [3.8, 4) is 22.6 Å². The zero-order valence-electron chi connectivity index (χ0n) is 24.1. The highest BCUT2D eigenvalue weighted by Gasteiger charge is 2.20. The zero-order chi connectivity index (χ0) is 30.4. The highest BCUT2D eigenvalue weighted by atomic mass is 32.2. The third kappa shape index (κ3) is 8.13. The second kappa shape index (κ2) is 13.3. The number of amides is 1. The van der Waals surface area contributed by atoms with Crippen LogP contribution in [0.25, 0.3) is 11.1 Å². The molecule has 0 heterocycles. The van der Waals surface area contributed by atoms with E-state index < -0.39 is 16.1 Å². The van der Waals surface area contributed by atoms with Crippen molar-refractivity contribution in [2.24, 2.45) is 0 Å². The van der Waals surface area contributed by atoms with Gasteiger partial charge in [0.2, 0.25) is 15.9 Å². The normalized spacial score (nSPS) is 12.6. The maximum atomic E-state index is 12.0. The van der Waals surface area contributed by atoms with Crippen molar-refractivity contribution >= 4 is 27.3 Å². The number of ether oxygens (including phenoxy) is 2. The van der Waals surface area contributed by atoms with Crippen molar-refractivity contribution in [3.05, 3.63) is 107 Å². The largest absolute Gasteiger partial charge is 0.492 e. The molecule has 0 saturated carbocycles. The van der Waals surface area contributed by atoms with Gasteiger partial charge in [-0.1, -0.05) is 48.5 Å². The molecule has 1 aliphatic rings. The van der Waals surface area contributed by atoms with Crippen LogP contribution in [0.15, 0.2) is 84.9 Å². The summed E-state index contributed by atoms with van der Waals surface area (Å²) in [4.78, 5) is 11.4. The van der Waals surface area contributed by atoms with Crippen molar-refractivity contribution in [1.82, 2.24) is 5.32 Å². The maximum absolute atomic E-state index is 12.0. The molecule has 10 heteroatoms. The van der Waals surface area contributed by atoms with Gasteiger partial charge >= 0.3 is 0 Å². The summed E-state index contributed by atoms with van der Waals surface area (Å²) in [5.41, 5.74) is 7.22. The molecule has 9 nitrogen and oxygen atoms in total. The van der Waals surface area contributed by atoms with Crippen LogP contribution in [0.2, 0.25) is 0 Å². The van der Waals surface area contributed by atoms with Crippen molar-refractivity contribution in [3.63, 3.8) is 0 Å². The fraction of sp³-hybridized carbons (Fsp3) is 0.242. The maximum Gasteiger partial charge on any atom is 0.229 e. The van der Waals surface area contributed by atoms with E-state index in [0.717, 1.165) is 35.2 Å². The lowest BCUT2D eigenvalue weighted by molar-refractivity contribution is -0.114. The smallest absolute Gasteiger partial charge is 0.229 e. The molecular weight excluding hydrogens is 566 g/mol. The molecule has 4 aromatic carbocycles. The van der Waals surface area contributed by atoms with E-state index in [-0.39, 0.29) is 24.7 Å². The molecule has 0 bridgehead atoms. The number of sulfonamides is 1. The van der Waals surface area contributed by atoms with E-state index in [0.29, 0.717) is 24.5 Å². The van der Waals surface area contributed by atoms with Crippen LogP contribution in [0.5, 0.6) is 11.5 Å². The Balaban J connectivity index is 1.12. The molecule has 1 aliphatic carbocycles. The first-order chi connectivity index (χ1) is 20.6. The van der Waals surface area contributed by atoms with Gasteiger partial charge in [-0.3, -0.25) is 9.52 Å². The zero-order valence-corrected chi connectivity index (χ0v) is 24.9. The third-order valence-corrected chi connectivity index (χ3v) is 7.57. The van der Waals surface area contributed by atoms with E-state index in [1.807, 2.05) is 60.7 Å². The molecule has 1 atom stereocenters. The minimum Gasteiger partial charge on any atom is -0.492 e. The molecular formula is C33H35N3O6S. The fourth-order valence-corrected chi connectivity index (χ4v) is 5.61. The van der Waals surface area contributed by atoms with Crippen LogP contribution < -0.4 is 24.8 Å². The summed E-state index contributed by atoms with van der Waals surface area (Å²) in [5, 5.41) is 16.8. The molecule has 0 radical (unpaired) electrons. The summed E-state index contributed by atoms with van der Waals surface area (Å²) >= 11 is 0. The average Bonchev–Trinajstić information content (AvgIpc) is 3.32. The number of aliphatic hydroxyl groups excluding tert-OH is 1. The van der Waals surface area contributed by atoms with Gasteiger partial charge in [-0.05, 0) is 76.2 Å². The Morgan fingerprint density at radius 3 is 2.42 bits per heavy atom. The van der Waals surface area contributed by atoms with Gasteiger partial charge < -0.3 is 25.2 Å². The number of fused-ring (bicyclic) bond motifs is 3. The standard InChI is InChI=1S/C33H35N3O6S/c1-22(37)35-27-9-11-29-25(17-27)16-26-18-28(10-12-30(26)29)41-15-14-34-20-32(38)24-8-13-33(31(19-24)36-43(2,39)40)42-21-23-6-4-3-5-7-23/h3-13,17-19,32,34,36,38H,14-16,20-21H2,1-2H3,(H,35,37). The van der Waals surface area contributed by atoms with Crippen LogP contribution in [-0.2, 0) is 27.8 Å². The van der Waals surface area contributed by atoms with Crippen LogP contribution in [0, 0.1) is 0 Å². The van der Waals surface area contributed by atoms with Crippen molar-refractivity contribution in [2.45, 2.75) is 26.1 Å². The van der Waals surface area contributed by atoms with E-state index in [4.69, 9.17) is 9.47 Å². The number of anilines is 2. The minimum atomic E-state index is -3.56. The number of rotatable bonds is 13. The predicted octanol–water partition coefficient (Wildman–Crippen LogP) is 4.87. The summed E-state index contributed by atoms with van der Waals surface area (Å²) in [5.74, 6) is 1.04. The Hall–Kier alpha value is -4.38. The lowest BCUT2D eigenvalue weighted by atomic mass is 10.1. The summed E-state index contributed by atoms with van der Waals surface area (Å²) in [7, 11) is -3.56. The average molecular weight is 602 g/mol. The van der Waals surface area contributed by atoms with Crippen LogP contribution >= 0.6 is 0 Å². The Morgan fingerprint density at radius 1 is 0.930 bits per heavy atom. The van der Waals surface area contributed by atoms with Gasteiger partial charge in [-0.25, -0.2) is 8.42 Å². The molecule has 0 fully saturated rings. The molecule has 1 unspecified atom stereocenters. The van der Waals surface area contributed by atoms with E-state index in [9.17, 15) is 18.3 Å². The van der Waals surface area contributed by atoms with Gasteiger partial charge in [-0.2, -0.15) is 0 Å². The Bertz CT molecular complexity index is 1710. The molecule has 43 heavy (non-hydrogen) atoms. The van der Waals surface area contributed by atoms with E-state index >= 15 is 0 Å². The molecule has 0 aromatic heterocycles. The number of hydrogen-bond acceptors (Lipinski definition) is 7. The molecule has 4 N–H and O–H groups in total. The van der Waals surface area contributed by atoms with Gasteiger partial charge in [0.15, 0.2) is 0 Å². The monoisotopic (exact) mass is 601 g/mol. The molecule has 224 valence electrons. The van der Waals surface area contributed by atoms with Crippen LogP contribution in [0.1, 0.15) is 35.3 Å². The molecule has 4 aromatic rings. The highest BCUT2D eigenvalue weighted by Crippen LogP contribution is 2.39. The minimum absolute atomic E-state index is 0.0944. The van der Waals surface area contributed by atoms with Crippen molar-refractivity contribution < 1.29 is 27.8 Å². The van der Waals surface area contributed by atoms with Gasteiger partial charge in [-0.15, -0.1) is 0 Å². The number of carbonyl (C=O) groups excluding carboxylic acids is 1. The third-order valence-electron chi connectivity index (χ3n) is 6.98. The number of hydrogen-bond donors (Lipinski definition) is 4. The lowest BCUT2D eigenvalue weighted by Gasteiger charge is -2.17. The van der Waals surface area contributed by atoms with Gasteiger partial charge in [0, 0.05) is 25.7 Å². The predicted molar refractivity (Wildman–Crippen MR) is 168 cm³/mol. The van der Waals surface area contributed by atoms with Crippen LogP contribution in [0.4, 0.5) is 11.4 Å². The lowest BCUT2D eigenvalue weighted by Crippen LogP contribution is -2.26. The van der Waals surface area contributed by atoms with Gasteiger partial charge in [0.05, 0.1) is 18.0 Å². The second-order valence-electron chi connectivity index (χ2n) is 10.5. The number of carbonyl (C=O) groups is 1. The summed E-state index contributed by atoms with van der Waals surface area (Å²) in [6.07, 6.45) is 0.971. The Morgan fingerprint density at radius 2 is 1.67 bits per heavy atom. The fourth-order valence-electron chi connectivity index (χ4n) is 5.05. The molecule has 1 amide bonds.